The van der Waals surface area contributed by atoms with Gasteiger partial charge in [0.15, 0.2) is 17.2 Å². The number of unbranched alkanes of at least 4 members (excludes halogenated alkanes) is 4. The van der Waals surface area contributed by atoms with Gasteiger partial charge in [-0.1, -0.05) is 56.0 Å². The number of anilines is 3. The molecule has 0 amide bonds. The summed E-state index contributed by atoms with van der Waals surface area (Å²) in [6, 6.07) is 23.7. The maximum atomic E-state index is 13.1. The van der Waals surface area contributed by atoms with Crippen molar-refractivity contribution in [2.24, 2.45) is 0 Å². The van der Waals surface area contributed by atoms with Crippen LogP contribution in [0.3, 0.4) is 0 Å². The van der Waals surface area contributed by atoms with Crippen molar-refractivity contribution in [1.29, 1.82) is 0 Å². The number of hydrogen-bond donors (Lipinski definition) is 2. The normalized spacial score (nSPS) is 16.3. The molecule has 1 aromatic heterocycles. The van der Waals surface area contributed by atoms with Crippen molar-refractivity contribution in [3.8, 4) is 35.3 Å². The third-order valence-corrected chi connectivity index (χ3v) is 15.7. The number of allylic oxidation sites excluding steroid dienone is 8. The minimum atomic E-state index is -0.757. The number of carboxylic acid groups (broad SMARTS) is 1. The molecule has 3 aliphatic rings. The number of nitrogens with one attached hydrogen (secondary N) is 1. The monoisotopic (exact) mass is 1100 g/mol. The van der Waals surface area contributed by atoms with Crippen LogP contribution in [0.15, 0.2) is 125 Å². The lowest BCUT2D eigenvalue weighted by atomic mass is 9.81. The number of ether oxygens (including phenoxy) is 6. The van der Waals surface area contributed by atoms with Crippen molar-refractivity contribution in [2.75, 3.05) is 71.1 Å². The van der Waals surface area contributed by atoms with Crippen LogP contribution < -0.4 is 29.2 Å². The molecule has 0 bridgehead atoms. The van der Waals surface area contributed by atoms with Crippen LogP contribution in [0.1, 0.15) is 115 Å². The molecule has 0 saturated heterocycles. The van der Waals surface area contributed by atoms with Gasteiger partial charge in [-0.3, -0.25) is 9.59 Å². The number of aliphatic carboxylic acids is 1. The second-order valence-corrected chi connectivity index (χ2v) is 21.7. The predicted octanol–water partition coefficient (Wildman–Crippen LogP) is 13.4. The van der Waals surface area contributed by atoms with Gasteiger partial charge >= 0.3 is 11.9 Å². The van der Waals surface area contributed by atoms with Crippen LogP contribution >= 0.6 is 11.6 Å². The number of fused-ring (bicyclic) bond motifs is 3. The summed E-state index contributed by atoms with van der Waals surface area (Å²) in [4.78, 5) is 35.6. The highest BCUT2D eigenvalue weighted by molar-refractivity contribution is 6.32. The standard InChI is InChI=1S/C65H74ClN5O9/c1-9-44-18-16-21-47(38-44)69-63-50-41-56(57(78-35-34-75-6)42-53(50)67-43-68-63)79-36-37-80-61(74)23-13-11-15-33-71-55-29-27-49(77-8)40-52(55)65(4,5)59(71)31-25-46-20-17-19-45(62(46)66)24-30-58-64(2,3)51-39-48(76-7)26-28-54(51)70(58)32-14-10-12-22-60(72)73/h1,16,18,21,24-31,38-43H,10-15,17,19-20,22-23,32-37H2,2-8H3,(H-,67,68,69,72,73)/p+1. The van der Waals surface area contributed by atoms with Gasteiger partial charge in [0, 0.05) is 95.2 Å². The Morgan fingerprint density at radius 2 is 1.54 bits per heavy atom. The number of hydrogen-bond acceptors (Lipinski definition) is 12. The van der Waals surface area contributed by atoms with Crippen molar-refractivity contribution >= 4 is 63.0 Å². The van der Waals surface area contributed by atoms with E-state index >= 15 is 0 Å². The number of esters is 1. The molecule has 1 aliphatic carbocycles. The number of benzene rings is 4. The molecular formula is C65H75ClN5O9+. The average molecular weight is 1110 g/mol. The number of methoxy groups -OCH3 is 3. The van der Waals surface area contributed by atoms with Crippen molar-refractivity contribution in [3.63, 3.8) is 0 Å². The van der Waals surface area contributed by atoms with E-state index in [4.69, 9.17) is 46.4 Å². The fourth-order valence-electron chi connectivity index (χ4n) is 10.9. The molecule has 2 aliphatic heterocycles. The number of carbonyl (C=O) groups excluding carboxylic acids is 1. The molecule has 5 aromatic rings. The van der Waals surface area contributed by atoms with Crippen LogP contribution in [0.25, 0.3) is 10.9 Å². The average Bonchev–Trinajstić information content (AvgIpc) is 3.96. The Morgan fingerprint density at radius 1 is 0.800 bits per heavy atom. The Labute approximate surface area is 476 Å². The molecule has 8 rings (SSSR count). The second-order valence-electron chi connectivity index (χ2n) is 21.3. The first-order valence-electron chi connectivity index (χ1n) is 27.7. The van der Waals surface area contributed by atoms with Crippen LogP contribution in [-0.4, -0.2) is 98.1 Å². The fraction of sp³-hybridized carbons (Fsp3) is 0.400. The highest BCUT2D eigenvalue weighted by atomic mass is 35.5. The molecule has 0 unspecified atom stereocenters. The van der Waals surface area contributed by atoms with Gasteiger partial charge in [0.1, 0.15) is 50.0 Å². The Hall–Kier alpha value is -7.60. The first kappa shape index (κ1) is 58.5. The number of carbonyl (C=O) groups is 2. The highest BCUT2D eigenvalue weighted by Gasteiger charge is 2.45. The Balaban J connectivity index is 0.908. The number of rotatable bonds is 27. The molecular weight excluding hydrogens is 1030 g/mol. The van der Waals surface area contributed by atoms with Crippen LogP contribution in [0.4, 0.5) is 22.9 Å². The van der Waals surface area contributed by atoms with E-state index in [9.17, 15) is 14.7 Å². The Bertz CT molecular complexity index is 3280. The largest absolute Gasteiger partial charge is 0.497 e. The first-order chi connectivity index (χ1) is 38.7. The molecule has 3 heterocycles. The fourth-order valence-corrected chi connectivity index (χ4v) is 11.2. The van der Waals surface area contributed by atoms with Gasteiger partial charge in [0.25, 0.3) is 0 Å². The summed E-state index contributed by atoms with van der Waals surface area (Å²) in [5, 5.41) is 14.0. The molecule has 4 aromatic carbocycles. The second kappa shape index (κ2) is 27.0. The molecule has 0 atom stereocenters. The van der Waals surface area contributed by atoms with E-state index in [0.29, 0.717) is 54.3 Å². The topological polar surface area (TPSA) is 154 Å². The van der Waals surface area contributed by atoms with Gasteiger partial charge in [0.05, 0.1) is 31.8 Å². The maximum Gasteiger partial charge on any atom is 0.305 e. The summed E-state index contributed by atoms with van der Waals surface area (Å²) in [6.45, 7) is 11.4. The minimum Gasteiger partial charge on any atom is -0.497 e. The van der Waals surface area contributed by atoms with Gasteiger partial charge in [-0.25, -0.2) is 9.97 Å². The van der Waals surface area contributed by atoms with Gasteiger partial charge in [-0.15, -0.1) is 6.42 Å². The van der Waals surface area contributed by atoms with Gasteiger partial charge in [-0.05, 0) is 136 Å². The zero-order chi connectivity index (χ0) is 56.8. The Morgan fingerprint density at radius 3 is 2.30 bits per heavy atom. The molecule has 15 heteroatoms. The van der Waals surface area contributed by atoms with Crippen molar-refractivity contribution in [2.45, 2.75) is 109 Å². The van der Waals surface area contributed by atoms with E-state index in [1.54, 1.807) is 27.4 Å². The quantitative estimate of drug-likeness (QED) is 0.0222. The van der Waals surface area contributed by atoms with Crippen LogP contribution in [-0.2, 0) is 29.9 Å². The van der Waals surface area contributed by atoms with Crippen molar-refractivity contribution in [3.05, 3.63) is 142 Å². The van der Waals surface area contributed by atoms with E-state index in [0.717, 1.165) is 108 Å². The number of terminal acetylenes is 1. The first-order valence-corrected chi connectivity index (χ1v) is 28.1. The summed E-state index contributed by atoms with van der Waals surface area (Å²) in [6.07, 6.45) is 23.9. The molecule has 80 heavy (non-hydrogen) atoms. The van der Waals surface area contributed by atoms with E-state index in [2.05, 4.69) is 107 Å². The van der Waals surface area contributed by atoms with Gasteiger partial charge in [-0.2, -0.15) is 4.58 Å². The third-order valence-electron chi connectivity index (χ3n) is 15.2. The lowest BCUT2D eigenvalue weighted by molar-refractivity contribution is -0.438. The van der Waals surface area contributed by atoms with Crippen molar-refractivity contribution < 1.29 is 47.7 Å². The summed E-state index contributed by atoms with van der Waals surface area (Å²) >= 11 is 7.38. The van der Waals surface area contributed by atoms with Gasteiger partial charge in [0.2, 0.25) is 5.69 Å². The summed E-state index contributed by atoms with van der Waals surface area (Å²) in [5.41, 5.74) is 10.8. The summed E-state index contributed by atoms with van der Waals surface area (Å²) in [5.74, 6) is 4.75. The molecule has 14 nitrogen and oxygen atoms in total. The molecule has 0 radical (unpaired) electrons. The number of aromatic nitrogens is 2. The molecule has 2 N–H and O–H groups in total. The Kier molecular flexibility index (Phi) is 19.8. The third kappa shape index (κ3) is 13.9. The minimum absolute atomic E-state index is 0.0628. The number of halogens is 1. The summed E-state index contributed by atoms with van der Waals surface area (Å²) in [7, 11) is 5.00. The van der Waals surface area contributed by atoms with Crippen LogP contribution in [0.5, 0.6) is 23.0 Å². The molecule has 0 spiro atoms. The van der Waals surface area contributed by atoms with E-state index in [1.165, 1.54) is 28.9 Å². The van der Waals surface area contributed by atoms with E-state index in [-0.39, 0.29) is 42.9 Å². The lowest BCUT2D eigenvalue weighted by Gasteiger charge is -2.27. The number of carboxylic acids is 1. The molecule has 0 saturated carbocycles. The SMILES string of the molecule is C#Cc1cccc(Nc2ncnc3cc(OCCOC)c(OCCOC(=O)CCCCCN4/C(=C/C=C5\CCCC(/C=C/C6=[N+](CCCCCC(=O)O)c7ccc(OC)cc7C6(C)C)=C5Cl)C(C)(C)c5cc(OC)ccc54)cc23)c1. The summed E-state index contributed by atoms with van der Waals surface area (Å²) < 4.78 is 36.8. The van der Waals surface area contributed by atoms with Crippen LogP contribution in [0.2, 0.25) is 0 Å². The van der Waals surface area contributed by atoms with E-state index in [1.807, 2.05) is 42.5 Å². The van der Waals surface area contributed by atoms with Crippen LogP contribution in [0, 0.1) is 12.3 Å². The number of nitrogens with zero attached hydrogens (tertiary/aromatic N) is 4. The lowest BCUT2D eigenvalue weighted by Crippen LogP contribution is -2.28. The zero-order valence-corrected chi connectivity index (χ0v) is 48.0. The molecule has 0 fully saturated rings. The van der Waals surface area contributed by atoms with Crippen molar-refractivity contribution in [1.82, 2.24) is 9.97 Å². The maximum absolute atomic E-state index is 13.1. The highest BCUT2D eigenvalue weighted by Crippen LogP contribution is 2.50. The smallest absolute Gasteiger partial charge is 0.305 e. The predicted molar refractivity (Wildman–Crippen MR) is 317 cm³/mol. The molecule has 420 valence electrons. The zero-order valence-electron chi connectivity index (χ0n) is 47.3. The van der Waals surface area contributed by atoms with Gasteiger partial charge < -0.3 is 43.7 Å². The van der Waals surface area contributed by atoms with E-state index < -0.39 is 5.97 Å².